The number of hydrogen-bond acceptors (Lipinski definition) is 8. The number of hydrogen-bond donors (Lipinski definition) is 3. The number of rotatable bonds is 6. The summed E-state index contributed by atoms with van der Waals surface area (Å²) >= 11 is 0. The fourth-order valence-electron chi connectivity index (χ4n) is 7.36. The minimum absolute atomic E-state index is 0.0216. The Morgan fingerprint density at radius 1 is 1.06 bits per heavy atom. The van der Waals surface area contributed by atoms with E-state index in [1.54, 1.807) is 12.2 Å². The van der Waals surface area contributed by atoms with Crippen LogP contribution >= 0.6 is 0 Å². The highest BCUT2D eigenvalue weighted by Crippen LogP contribution is 2.52. The molecule has 3 N–H and O–H groups in total. The van der Waals surface area contributed by atoms with Crippen molar-refractivity contribution in [3.63, 3.8) is 0 Å². The van der Waals surface area contributed by atoms with Gasteiger partial charge in [0.25, 0.3) is 0 Å². The Kier molecular flexibility index (Phi) is 8.23. The summed E-state index contributed by atoms with van der Waals surface area (Å²) in [5.74, 6) is -2.72. The van der Waals surface area contributed by atoms with Crippen molar-refractivity contribution in [3.05, 3.63) is 104 Å². The van der Waals surface area contributed by atoms with Gasteiger partial charge in [0.15, 0.2) is 0 Å². The lowest BCUT2D eigenvalue weighted by Gasteiger charge is -2.37. The Balaban J connectivity index is 1.66. The van der Waals surface area contributed by atoms with E-state index in [9.17, 15) is 19.5 Å². The van der Waals surface area contributed by atoms with Gasteiger partial charge in [-0.25, -0.2) is 4.99 Å². The first-order chi connectivity index (χ1) is 22.8. The highest BCUT2D eigenvalue weighted by Gasteiger charge is 2.54. The molecule has 1 aromatic heterocycles. The molecule has 0 fully saturated rings. The van der Waals surface area contributed by atoms with Crippen LogP contribution in [0.25, 0.3) is 12.2 Å². The fraction of sp³-hybridized carbons (Fsp3) is 0.342. The van der Waals surface area contributed by atoms with Gasteiger partial charge in [-0.15, -0.1) is 0 Å². The molecule has 0 aromatic carbocycles. The maximum Gasteiger partial charge on any atom is 0.317 e. The van der Waals surface area contributed by atoms with E-state index in [-0.39, 0.29) is 24.1 Å². The molecule has 5 heterocycles. The molecule has 1 aliphatic carbocycles. The number of aliphatic imine (C=N–C) groups is 2. The molecular weight excluding hydrogens is 608 g/mol. The molecule has 0 saturated carbocycles. The second kappa shape index (κ2) is 12.1. The third-order valence-corrected chi connectivity index (χ3v) is 10.3. The number of carbonyl (C=O) groups excluding carboxylic acids is 2. The van der Waals surface area contributed by atoms with E-state index in [2.05, 4.69) is 29.9 Å². The maximum absolute atomic E-state index is 13.5. The van der Waals surface area contributed by atoms with Crippen molar-refractivity contribution in [2.24, 2.45) is 27.2 Å². The molecule has 0 spiro atoms. The summed E-state index contributed by atoms with van der Waals surface area (Å²) in [6.07, 6.45) is 13.7. The molecule has 5 aliphatic rings. The van der Waals surface area contributed by atoms with E-state index in [1.807, 2.05) is 52.0 Å². The zero-order valence-corrected chi connectivity index (χ0v) is 28.3. The van der Waals surface area contributed by atoms with Gasteiger partial charge in [-0.3, -0.25) is 19.4 Å². The van der Waals surface area contributed by atoms with Crippen molar-refractivity contribution in [1.82, 2.24) is 10.3 Å². The molecule has 1 aromatic rings. The third kappa shape index (κ3) is 5.25. The van der Waals surface area contributed by atoms with E-state index >= 15 is 0 Å². The molecule has 8 bridgehead atoms. The molecule has 0 amide bonds. The SMILES string of the molecule is C=CC1=C(C)C2=NC/1=C\C1NC(=C(CCC(=O)O)C1C)/C=c1\[nH]/c(c(C)c1C)=C\C1=NC(=C\2)/C2=CC=C(OC(C)=O)[C@@H](C(=O)OC)[C@]21C. The average molecular weight is 649 g/mol. The smallest absolute Gasteiger partial charge is 0.317 e. The number of nitrogens with one attached hydrogen (secondary N) is 2. The van der Waals surface area contributed by atoms with Crippen LogP contribution in [0.1, 0.15) is 51.7 Å². The first kappa shape index (κ1) is 32.7. The van der Waals surface area contributed by atoms with Crippen LogP contribution in [0.3, 0.4) is 0 Å². The first-order valence-corrected chi connectivity index (χ1v) is 16.0. The molecule has 248 valence electrons. The lowest BCUT2D eigenvalue weighted by Crippen LogP contribution is -2.43. The van der Waals surface area contributed by atoms with Gasteiger partial charge in [-0.05, 0) is 92.3 Å². The molecule has 2 unspecified atom stereocenters. The summed E-state index contributed by atoms with van der Waals surface area (Å²) in [5, 5.41) is 14.9. The third-order valence-electron chi connectivity index (χ3n) is 10.3. The maximum atomic E-state index is 13.5. The first-order valence-electron chi connectivity index (χ1n) is 16.0. The summed E-state index contributed by atoms with van der Waals surface area (Å²) < 4.78 is 10.9. The number of allylic oxidation sites excluding steroid dienone is 7. The largest absolute Gasteiger partial charge is 0.481 e. The van der Waals surface area contributed by atoms with Crippen LogP contribution in [0, 0.1) is 31.1 Å². The van der Waals surface area contributed by atoms with Crippen LogP contribution < -0.4 is 16.0 Å². The van der Waals surface area contributed by atoms with Crippen molar-refractivity contribution < 1.29 is 29.0 Å². The van der Waals surface area contributed by atoms with Gasteiger partial charge in [0.1, 0.15) is 11.7 Å². The molecule has 4 atom stereocenters. The summed E-state index contributed by atoms with van der Waals surface area (Å²) in [4.78, 5) is 51.0. The van der Waals surface area contributed by atoms with Crippen LogP contribution in [-0.2, 0) is 23.9 Å². The molecule has 4 aliphatic heterocycles. The van der Waals surface area contributed by atoms with Crippen molar-refractivity contribution in [3.8, 4) is 0 Å². The summed E-state index contributed by atoms with van der Waals surface area (Å²) in [7, 11) is 1.32. The van der Waals surface area contributed by atoms with Crippen molar-refractivity contribution in [1.29, 1.82) is 0 Å². The van der Waals surface area contributed by atoms with Crippen molar-refractivity contribution in [2.75, 3.05) is 7.11 Å². The van der Waals surface area contributed by atoms with E-state index in [0.29, 0.717) is 23.5 Å². The van der Waals surface area contributed by atoms with E-state index < -0.39 is 29.2 Å². The van der Waals surface area contributed by atoms with Crippen LogP contribution in [0.4, 0.5) is 0 Å². The molecular formula is C38H40N4O6. The molecule has 10 nitrogen and oxygen atoms in total. The number of aliphatic carboxylic acids is 1. The van der Waals surface area contributed by atoms with Crippen LogP contribution in [0.5, 0.6) is 0 Å². The quantitative estimate of drug-likeness (QED) is 0.391. The number of fused-ring (bicyclic) bond motifs is 9. The standard InChI is InChI=1S/C38H40N4O6/c1-9-23-20(4)28-16-32-25-11-12-33(48-22(6)43)36(37(46)47-8)38(25,7)34(42-32)17-29-19(3)18(2)26(39-29)14-31-24(10-13-35(44)45)21(5)27(41-31)15-30(23)40-28/h9,11-12,14-17,21,27,36,39,41H,1,10,13H2,2-8H3,(H,44,45)/b26-14-,29-17-,30-15-,32-16-/t21?,27?,36-,38+/m0/s1. The molecule has 6 rings (SSSR count). The normalized spacial score (nSPS) is 29.3. The van der Waals surface area contributed by atoms with Crippen LogP contribution in [-0.4, -0.2) is 52.6 Å². The highest BCUT2D eigenvalue weighted by atomic mass is 16.5. The van der Waals surface area contributed by atoms with Crippen molar-refractivity contribution in [2.45, 2.75) is 60.4 Å². The van der Waals surface area contributed by atoms with E-state index in [1.165, 1.54) is 14.0 Å². The Hall–Kier alpha value is -5.25. The minimum Gasteiger partial charge on any atom is -0.481 e. The monoisotopic (exact) mass is 648 g/mol. The van der Waals surface area contributed by atoms with Gasteiger partial charge >= 0.3 is 17.9 Å². The lowest BCUT2D eigenvalue weighted by atomic mass is 9.65. The number of ether oxygens (including phenoxy) is 2. The Labute approximate surface area is 279 Å². The summed E-state index contributed by atoms with van der Waals surface area (Å²) in [6.45, 7) is 15.4. The number of aromatic nitrogens is 1. The second-order valence-corrected chi connectivity index (χ2v) is 13.0. The number of carbonyl (C=O) groups is 3. The zero-order valence-electron chi connectivity index (χ0n) is 28.3. The Morgan fingerprint density at radius 3 is 2.42 bits per heavy atom. The van der Waals surface area contributed by atoms with E-state index in [0.717, 1.165) is 55.5 Å². The zero-order chi connectivity index (χ0) is 34.7. The molecule has 0 radical (unpaired) electrons. The highest BCUT2D eigenvalue weighted by molar-refractivity contribution is 6.21. The van der Waals surface area contributed by atoms with Gasteiger partial charge in [-0.1, -0.05) is 25.7 Å². The van der Waals surface area contributed by atoms with Gasteiger partial charge < -0.3 is 24.9 Å². The number of methoxy groups -OCH3 is 1. The number of aromatic amines is 1. The minimum atomic E-state index is -1.05. The predicted octanol–water partition coefficient (Wildman–Crippen LogP) is 4.29. The molecule has 48 heavy (non-hydrogen) atoms. The van der Waals surface area contributed by atoms with Crippen LogP contribution in [0.2, 0.25) is 0 Å². The number of H-pyrrole nitrogens is 1. The lowest BCUT2D eigenvalue weighted by molar-refractivity contribution is -0.149. The van der Waals surface area contributed by atoms with Crippen molar-refractivity contribution >= 4 is 41.5 Å². The second-order valence-electron chi connectivity index (χ2n) is 13.0. The molecule has 0 saturated heterocycles. The number of esters is 2. The Morgan fingerprint density at radius 2 is 1.77 bits per heavy atom. The number of nitrogens with zero attached hydrogens (tertiary/aromatic N) is 2. The predicted molar refractivity (Wildman–Crippen MR) is 184 cm³/mol. The summed E-state index contributed by atoms with van der Waals surface area (Å²) in [5.41, 5.74) is 8.15. The average Bonchev–Trinajstić information content (AvgIpc) is 3.67. The fourth-order valence-corrected chi connectivity index (χ4v) is 7.36. The topological polar surface area (TPSA) is 142 Å². The van der Waals surface area contributed by atoms with Gasteiger partial charge in [0, 0.05) is 41.2 Å². The van der Waals surface area contributed by atoms with E-state index in [4.69, 9.17) is 19.5 Å². The van der Waals surface area contributed by atoms with Crippen LogP contribution in [0.15, 0.2) is 92.1 Å². The number of carboxylic acid groups (broad SMARTS) is 1. The Bertz CT molecular complexity index is 2080. The number of carboxylic acids is 1. The van der Waals surface area contributed by atoms with Gasteiger partial charge in [0.05, 0.1) is 41.4 Å². The van der Waals surface area contributed by atoms with Gasteiger partial charge in [-0.2, -0.15) is 0 Å². The summed E-state index contributed by atoms with van der Waals surface area (Å²) in [6, 6.07) is -0.130. The van der Waals surface area contributed by atoms with Gasteiger partial charge in [0.2, 0.25) is 0 Å². The molecule has 10 heteroatoms.